The van der Waals surface area contributed by atoms with Gasteiger partial charge in [-0.15, -0.1) is 0 Å². The molecule has 1 saturated carbocycles. The van der Waals surface area contributed by atoms with Gasteiger partial charge in [-0.05, 0) is 68.2 Å². The summed E-state index contributed by atoms with van der Waals surface area (Å²) in [4.78, 5) is 47.7. The van der Waals surface area contributed by atoms with Crippen LogP contribution in [0, 0.1) is 17.8 Å². The Bertz CT molecular complexity index is 1270. The molecule has 216 valence electrons. The molecule has 2 aromatic rings. The van der Waals surface area contributed by atoms with Gasteiger partial charge in [0.25, 0.3) is 0 Å². The van der Waals surface area contributed by atoms with Gasteiger partial charge >= 0.3 is 11.7 Å². The maximum absolute atomic E-state index is 12.7. The lowest BCUT2D eigenvalue weighted by molar-refractivity contribution is -0.137. The number of likely N-dealkylation sites (tertiary alicyclic amines) is 1. The zero-order valence-corrected chi connectivity index (χ0v) is 23.8. The zero-order valence-electron chi connectivity index (χ0n) is 23.8. The minimum absolute atomic E-state index is 0.139. The number of aromatic nitrogens is 2. The molecule has 0 spiro atoms. The molecule has 0 radical (unpaired) electrons. The monoisotopic (exact) mass is 550 g/mol. The average molecular weight is 551 g/mol. The Balaban J connectivity index is 1.10. The molecule has 1 aliphatic carbocycles. The van der Waals surface area contributed by atoms with Crippen molar-refractivity contribution in [1.29, 1.82) is 0 Å². The summed E-state index contributed by atoms with van der Waals surface area (Å²) in [5, 5.41) is 2.70. The van der Waals surface area contributed by atoms with E-state index >= 15 is 0 Å². The highest BCUT2D eigenvalue weighted by Crippen LogP contribution is 2.53. The third-order valence-corrected chi connectivity index (χ3v) is 8.68. The molecule has 3 amide bonds. The molecule has 5 N–H and O–H groups in total. The van der Waals surface area contributed by atoms with Crippen LogP contribution in [0.3, 0.4) is 0 Å². The summed E-state index contributed by atoms with van der Waals surface area (Å²) < 4.78 is 1.46. The second-order valence-corrected chi connectivity index (χ2v) is 12.0. The predicted octanol–water partition coefficient (Wildman–Crippen LogP) is 1.10. The van der Waals surface area contributed by atoms with Crippen LogP contribution in [-0.4, -0.2) is 93.6 Å². The summed E-state index contributed by atoms with van der Waals surface area (Å²) in [5.74, 6) is 2.35. The van der Waals surface area contributed by atoms with E-state index in [0.29, 0.717) is 32.2 Å². The first-order chi connectivity index (χ1) is 19.0. The number of piperazine rings is 1. The van der Waals surface area contributed by atoms with Crippen LogP contribution in [0.5, 0.6) is 0 Å². The summed E-state index contributed by atoms with van der Waals surface area (Å²) in [6, 6.07) is 9.58. The van der Waals surface area contributed by atoms with Crippen molar-refractivity contribution in [2.45, 2.75) is 45.2 Å². The number of benzene rings is 1. The zero-order chi connectivity index (χ0) is 28.6. The van der Waals surface area contributed by atoms with Gasteiger partial charge in [0.1, 0.15) is 5.82 Å². The molecule has 2 unspecified atom stereocenters. The number of hydrogen-bond acceptors (Lipinski definition) is 7. The maximum Gasteiger partial charge on any atom is 0.354 e. The van der Waals surface area contributed by atoms with Gasteiger partial charge in [-0.25, -0.2) is 9.59 Å². The lowest BCUT2D eigenvalue weighted by atomic mass is 10.1. The van der Waals surface area contributed by atoms with Crippen molar-refractivity contribution >= 4 is 17.8 Å². The highest BCUT2D eigenvalue weighted by atomic mass is 16.2. The molecular weight excluding hydrogens is 508 g/mol. The van der Waals surface area contributed by atoms with E-state index in [4.69, 9.17) is 11.5 Å². The van der Waals surface area contributed by atoms with E-state index in [0.717, 1.165) is 55.9 Å². The topological polar surface area (TPSA) is 143 Å². The van der Waals surface area contributed by atoms with Crippen molar-refractivity contribution in [3.63, 3.8) is 0 Å². The SMILES string of the molecule is CCC(N)C1[C@H]2CN(CCc3ccc(-n4ccc(NC(=O)N5CCN(C(=O)C(C)(C)N)CC5)nc4=O)cc3)C[C@@H]12. The molecule has 40 heavy (non-hydrogen) atoms. The van der Waals surface area contributed by atoms with Gasteiger partial charge in [0.2, 0.25) is 5.91 Å². The number of piperidine rings is 1. The predicted molar refractivity (Wildman–Crippen MR) is 154 cm³/mol. The Kier molecular flexibility index (Phi) is 7.98. The lowest BCUT2D eigenvalue weighted by Gasteiger charge is -2.37. The number of fused-ring (bicyclic) bond motifs is 1. The first-order valence-corrected chi connectivity index (χ1v) is 14.4. The van der Waals surface area contributed by atoms with Crippen LogP contribution in [0.25, 0.3) is 5.69 Å². The Morgan fingerprint density at radius 1 is 1.05 bits per heavy atom. The summed E-state index contributed by atoms with van der Waals surface area (Å²) >= 11 is 0. The minimum atomic E-state index is -0.944. The molecule has 2 saturated heterocycles. The summed E-state index contributed by atoms with van der Waals surface area (Å²) in [5.41, 5.74) is 12.7. The molecule has 2 aliphatic heterocycles. The van der Waals surface area contributed by atoms with Crippen molar-refractivity contribution in [3.8, 4) is 5.69 Å². The maximum atomic E-state index is 12.7. The van der Waals surface area contributed by atoms with E-state index in [1.807, 2.05) is 12.1 Å². The van der Waals surface area contributed by atoms with Crippen LogP contribution >= 0.6 is 0 Å². The quantitative estimate of drug-likeness (QED) is 0.447. The van der Waals surface area contributed by atoms with E-state index in [9.17, 15) is 14.4 Å². The fourth-order valence-corrected chi connectivity index (χ4v) is 6.24. The standard InChI is InChI=1S/C29H42N8O3/c1-4-23(30)25-21-17-34(18-22(21)25)11-9-19-5-7-20(8-6-19)37-12-10-24(33-28(37)40)32-27(39)36-15-13-35(14-16-36)26(38)29(2,3)31/h5-8,10,12,21-23,25H,4,9,11,13-18,30-31H2,1-3H3,(H,32,33,39,40)/t21-,22+,23?,25?. The number of hydrogen-bond donors (Lipinski definition) is 3. The molecule has 11 heteroatoms. The number of nitrogens with zero attached hydrogens (tertiary/aromatic N) is 5. The number of nitrogens with one attached hydrogen (secondary N) is 1. The number of carbonyl (C=O) groups excluding carboxylic acids is 2. The Hall–Kier alpha value is -3.28. The molecule has 4 atom stereocenters. The number of urea groups is 1. The second kappa shape index (κ2) is 11.3. The number of carbonyl (C=O) groups is 2. The van der Waals surface area contributed by atoms with E-state index in [1.165, 1.54) is 10.1 Å². The van der Waals surface area contributed by atoms with Crippen LogP contribution in [0.1, 0.15) is 32.8 Å². The molecule has 0 bridgehead atoms. The normalized spacial score (nSPS) is 23.6. The van der Waals surface area contributed by atoms with Gasteiger partial charge in [0.15, 0.2) is 0 Å². The minimum Gasteiger partial charge on any atom is -0.338 e. The van der Waals surface area contributed by atoms with E-state index in [1.54, 1.807) is 35.9 Å². The third-order valence-electron chi connectivity index (χ3n) is 8.68. The Morgan fingerprint density at radius 2 is 1.68 bits per heavy atom. The van der Waals surface area contributed by atoms with E-state index in [2.05, 4.69) is 34.3 Å². The molecular formula is C29H42N8O3. The lowest BCUT2D eigenvalue weighted by Crippen LogP contribution is -2.58. The molecule has 3 heterocycles. The summed E-state index contributed by atoms with van der Waals surface area (Å²) in [6.45, 7) is 10.5. The third kappa shape index (κ3) is 6.06. The van der Waals surface area contributed by atoms with Crippen LogP contribution in [0.4, 0.5) is 10.6 Å². The van der Waals surface area contributed by atoms with E-state index < -0.39 is 11.2 Å². The molecule has 3 fully saturated rings. The number of nitrogens with two attached hydrogens (primary N) is 2. The molecule has 1 aromatic carbocycles. The second-order valence-electron chi connectivity index (χ2n) is 12.0. The van der Waals surface area contributed by atoms with E-state index in [-0.39, 0.29) is 17.8 Å². The van der Waals surface area contributed by atoms with Crippen molar-refractivity contribution in [1.82, 2.24) is 24.3 Å². The van der Waals surface area contributed by atoms with Crippen LogP contribution < -0.4 is 22.5 Å². The van der Waals surface area contributed by atoms with Gasteiger partial charge in [-0.1, -0.05) is 19.1 Å². The first-order valence-electron chi connectivity index (χ1n) is 14.4. The highest BCUT2D eigenvalue weighted by Gasteiger charge is 2.57. The molecule has 5 rings (SSSR count). The fraction of sp³-hybridized carbons (Fsp3) is 0.586. The van der Waals surface area contributed by atoms with Crippen LogP contribution in [0.2, 0.25) is 0 Å². The van der Waals surface area contributed by atoms with Crippen LogP contribution in [0.15, 0.2) is 41.3 Å². The van der Waals surface area contributed by atoms with Gasteiger partial charge in [0.05, 0.1) is 11.2 Å². The fourth-order valence-electron chi connectivity index (χ4n) is 6.24. The van der Waals surface area contributed by atoms with Gasteiger partial charge in [0, 0.05) is 58.1 Å². The molecule has 1 aromatic heterocycles. The van der Waals surface area contributed by atoms with Gasteiger partial charge in [-0.2, -0.15) is 4.98 Å². The van der Waals surface area contributed by atoms with Gasteiger partial charge < -0.3 is 26.2 Å². The summed E-state index contributed by atoms with van der Waals surface area (Å²) in [6.07, 6.45) is 3.65. The van der Waals surface area contributed by atoms with Crippen molar-refractivity contribution in [3.05, 3.63) is 52.6 Å². The number of amides is 3. The number of anilines is 1. The summed E-state index contributed by atoms with van der Waals surface area (Å²) in [7, 11) is 0. The Morgan fingerprint density at radius 3 is 2.25 bits per heavy atom. The van der Waals surface area contributed by atoms with Crippen molar-refractivity contribution < 1.29 is 9.59 Å². The molecule has 11 nitrogen and oxygen atoms in total. The highest BCUT2D eigenvalue weighted by molar-refractivity contribution is 5.89. The number of rotatable bonds is 8. The Labute approximate surface area is 235 Å². The molecule has 3 aliphatic rings. The largest absolute Gasteiger partial charge is 0.354 e. The van der Waals surface area contributed by atoms with Crippen molar-refractivity contribution in [2.24, 2.45) is 29.2 Å². The van der Waals surface area contributed by atoms with Gasteiger partial charge in [-0.3, -0.25) is 14.7 Å². The van der Waals surface area contributed by atoms with Crippen LogP contribution in [-0.2, 0) is 11.2 Å². The van der Waals surface area contributed by atoms with Crippen molar-refractivity contribution in [2.75, 3.05) is 51.1 Å². The average Bonchev–Trinajstić information content (AvgIpc) is 3.44. The smallest absolute Gasteiger partial charge is 0.338 e. The first kappa shape index (κ1) is 28.3.